The fourth-order valence-electron chi connectivity index (χ4n) is 4.70. The molecule has 0 aliphatic carbocycles. The van der Waals surface area contributed by atoms with Crippen molar-refractivity contribution in [3.63, 3.8) is 0 Å². The van der Waals surface area contributed by atoms with Gasteiger partial charge in [0.1, 0.15) is 6.04 Å². The zero-order valence-electron chi connectivity index (χ0n) is 24.0. The van der Waals surface area contributed by atoms with Gasteiger partial charge in [-0.15, -0.1) is 0 Å². The van der Waals surface area contributed by atoms with Gasteiger partial charge in [-0.25, -0.2) is 0 Å². The first-order valence-electron chi connectivity index (χ1n) is 13.9. The maximum Gasteiger partial charge on any atom is 0.492 e. The van der Waals surface area contributed by atoms with Crippen molar-refractivity contribution in [2.45, 2.75) is 57.0 Å². The molecule has 234 valence electrons. The van der Waals surface area contributed by atoms with Gasteiger partial charge in [-0.05, 0) is 67.5 Å². The van der Waals surface area contributed by atoms with Gasteiger partial charge in [0.05, 0.1) is 23.1 Å². The number of anilines is 1. The van der Waals surface area contributed by atoms with Crippen molar-refractivity contribution in [2.75, 3.05) is 25.0 Å². The SMILES string of the molecule is CC1(C)OB(O)c2cc(NC(=O)C(Cc3ccc(C(F)(F)F)cc3)NC(=O)C(N)CCCNC(=O)C(CN)CN)ccc21. The van der Waals surface area contributed by atoms with Gasteiger partial charge in [0, 0.05) is 31.7 Å². The lowest BCUT2D eigenvalue weighted by atomic mass is 9.78. The summed E-state index contributed by atoms with van der Waals surface area (Å²) in [4.78, 5) is 38.3. The molecule has 10 N–H and O–H groups in total. The highest BCUT2D eigenvalue weighted by Crippen LogP contribution is 2.31. The maximum atomic E-state index is 13.4. The second kappa shape index (κ2) is 14.3. The molecule has 0 saturated heterocycles. The van der Waals surface area contributed by atoms with E-state index in [2.05, 4.69) is 16.0 Å². The Bertz CT molecular complexity index is 1290. The van der Waals surface area contributed by atoms with Crippen molar-refractivity contribution >= 4 is 36.0 Å². The lowest BCUT2D eigenvalue weighted by Gasteiger charge is -2.22. The van der Waals surface area contributed by atoms with Gasteiger partial charge in [-0.3, -0.25) is 14.4 Å². The number of alkyl halides is 3. The van der Waals surface area contributed by atoms with E-state index in [-0.39, 0.29) is 38.4 Å². The predicted molar refractivity (Wildman–Crippen MR) is 156 cm³/mol. The molecule has 0 bridgehead atoms. The van der Waals surface area contributed by atoms with Gasteiger partial charge in [0.2, 0.25) is 17.7 Å². The van der Waals surface area contributed by atoms with Crippen LogP contribution < -0.4 is 38.6 Å². The monoisotopic (exact) mass is 606 g/mol. The van der Waals surface area contributed by atoms with E-state index in [0.29, 0.717) is 23.1 Å². The second-order valence-corrected chi connectivity index (χ2v) is 10.9. The fourth-order valence-corrected chi connectivity index (χ4v) is 4.70. The summed E-state index contributed by atoms with van der Waals surface area (Å²) < 4.78 is 44.7. The van der Waals surface area contributed by atoms with Gasteiger partial charge in [0.25, 0.3) is 0 Å². The molecule has 11 nitrogen and oxygen atoms in total. The first-order valence-corrected chi connectivity index (χ1v) is 13.9. The largest absolute Gasteiger partial charge is 0.492 e. The van der Waals surface area contributed by atoms with E-state index in [0.717, 1.165) is 17.7 Å². The van der Waals surface area contributed by atoms with Gasteiger partial charge in [0.15, 0.2) is 0 Å². The molecule has 15 heteroatoms. The molecule has 2 atom stereocenters. The van der Waals surface area contributed by atoms with Crippen LogP contribution in [0.15, 0.2) is 42.5 Å². The van der Waals surface area contributed by atoms with E-state index in [4.69, 9.17) is 21.9 Å². The Balaban J connectivity index is 1.70. The van der Waals surface area contributed by atoms with Crippen LogP contribution >= 0.6 is 0 Å². The maximum absolute atomic E-state index is 13.4. The van der Waals surface area contributed by atoms with Crippen molar-refractivity contribution in [2.24, 2.45) is 23.1 Å². The molecule has 0 aromatic heterocycles. The number of halogens is 3. The number of hydrogen-bond donors (Lipinski definition) is 7. The van der Waals surface area contributed by atoms with Crippen molar-refractivity contribution in [1.82, 2.24) is 10.6 Å². The molecule has 2 aromatic carbocycles. The quantitative estimate of drug-likeness (QED) is 0.123. The molecule has 2 unspecified atom stereocenters. The van der Waals surface area contributed by atoms with Crippen molar-refractivity contribution in [1.29, 1.82) is 0 Å². The summed E-state index contributed by atoms with van der Waals surface area (Å²) in [5.74, 6) is -2.12. The smallest absolute Gasteiger partial charge is 0.423 e. The second-order valence-electron chi connectivity index (χ2n) is 10.9. The molecule has 1 aliphatic rings. The van der Waals surface area contributed by atoms with Gasteiger partial charge in [-0.2, -0.15) is 13.2 Å². The average Bonchev–Trinajstić information content (AvgIpc) is 3.17. The molecule has 3 rings (SSSR count). The van der Waals surface area contributed by atoms with Gasteiger partial charge in [-0.1, -0.05) is 18.2 Å². The number of hydrogen-bond acceptors (Lipinski definition) is 8. The summed E-state index contributed by atoms with van der Waals surface area (Å²) >= 11 is 0. The van der Waals surface area contributed by atoms with Crippen LogP contribution in [0.5, 0.6) is 0 Å². The summed E-state index contributed by atoms with van der Waals surface area (Å²) in [7, 11) is -1.19. The highest BCUT2D eigenvalue weighted by Gasteiger charge is 2.40. The summed E-state index contributed by atoms with van der Waals surface area (Å²) in [6.45, 7) is 4.03. The van der Waals surface area contributed by atoms with E-state index in [1.807, 2.05) is 0 Å². The minimum Gasteiger partial charge on any atom is -0.423 e. The Hall–Kier alpha value is -3.50. The highest BCUT2D eigenvalue weighted by atomic mass is 19.4. The Morgan fingerprint density at radius 2 is 1.67 bits per heavy atom. The Labute approximate surface area is 248 Å². The van der Waals surface area contributed by atoms with E-state index >= 15 is 0 Å². The lowest BCUT2D eigenvalue weighted by molar-refractivity contribution is -0.137. The topological polar surface area (TPSA) is 195 Å². The van der Waals surface area contributed by atoms with Crippen LogP contribution in [0, 0.1) is 5.92 Å². The minimum atomic E-state index is -4.53. The number of nitrogens with one attached hydrogen (secondary N) is 3. The average molecular weight is 606 g/mol. The van der Waals surface area contributed by atoms with Crippen LogP contribution in [0.4, 0.5) is 18.9 Å². The minimum absolute atomic E-state index is 0.102. The molecular weight excluding hydrogens is 568 g/mol. The van der Waals surface area contributed by atoms with Crippen molar-refractivity contribution in [3.05, 3.63) is 59.2 Å². The van der Waals surface area contributed by atoms with Crippen molar-refractivity contribution in [3.8, 4) is 0 Å². The molecule has 0 radical (unpaired) electrons. The highest BCUT2D eigenvalue weighted by molar-refractivity contribution is 6.62. The molecule has 2 aromatic rings. The number of carbonyl (C=O) groups is 3. The third kappa shape index (κ3) is 9.00. The normalized spacial score (nSPS) is 15.5. The molecular formula is C28H38BF3N6O5. The molecule has 0 fully saturated rings. The summed E-state index contributed by atoms with van der Waals surface area (Å²) in [6, 6.07) is 6.93. The number of fused-ring (bicyclic) bond motifs is 1. The standard InChI is InChI=1S/C28H38BF3N6O5/c1-27(2)20-10-9-19(13-21(20)29(42)43-27)37-26(41)23(12-16-5-7-18(8-6-16)28(30,31)32)38-25(40)22(35)4-3-11-36-24(39)17(14-33)15-34/h5-10,13,17,22-23,42H,3-4,11-12,14-15,33-35H2,1-2H3,(H,36,39)(H,37,41)(H,38,40). The predicted octanol–water partition coefficient (Wildman–Crippen LogP) is 0.0815. The van der Waals surface area contributed by atoms with Crippen LogP contribution in [-0.2, 0) is 37.2 Å². The Morgan fingerprint density at radius 1 is 1.02 bits per heavy atom. The summed E-state index contributed by atoms with van der Waals surface area (Å²) in [5.41, 5.74) is 17.4. The number of benzene rings is 2. The van der Waals surface area contributed by atoms with Gasteiger partial charge >= 0.3 is 13.3 Å². The summed E-state index contributed by atoms with van der Waals surface area (Å²) in [5, 5.41) is 18.3. The third-order valence-electron chi connectivity index (χ3n) is 7.26. The molecule has 3 amide bonds. The van der Waals surface area contributed by atoms with E-state index in [9.17, 15) is 32.6 Å². The molecule has 1 heterocycles. The van der Waals surface area contributed by atoms with Gasteiger partial charge < -0.3 is 42.8 Å². The van der Waals surface area contributed by atoms with Crippen molar-refractivity contribution < 1.29 is 37.2 Å². The van der Waals surface area contributed by atoms with E-state index in [1.165, 1.54) is 12.1 Å². The number of rotatable bonds is 13. The van der Waals surface area contributed by atoms with Crippen LogP contribution in [0.2, 0.25) is 0 Å². The molecule has 0 spiro atoms. The van der Waals surface area contributed by atoms with E-state index in [1.54, 1.807) is 32.0 Å². The molecule has 43 heavy (non-hydrogen) atoms. The molecule has 1 aliphatic heterocycles. The Kier molecular flexibility index (Phi) is 11.3. The first-order chi connectivity index (χ1) is 20.2. The van der Waals surface area contributed by atoms with Crippen LogP contribution in [0.1, 0.15) is 43.4 Å². The zero-order chi connectivity index (χ0) is 31.9. The van der Waals surface area contributed by atoms with Crippen LogP contribution in [-0.4, -0.2) is 61.6 Å². The zero-order valence-corrected chi connectivity index (χ0v) is 24.0. The lowest BCUT2D eigenvalue weighted by Crippen LogP contribution is -2.51. The fraction of sp³-hybridized carbons (Fsp3) is 0.464. The van der Waals surface area contributed by atoms with E-state index < -0.39 is 54.3 Å². The Morgan fingerprint density at radius 3 is 2.28 bits per heavy atom. The first kappa shape index (κ1) is 34.0. The molecule has 0 saturated carbocycles. The number of nitrogens with two attached hydrogens (primary N) is 3. The summed E-state index contributed by atoms with van der Waals surface area (Å²) in [6.07, 6.45) is -4.12. The van der Waals surface area contributed by atoms with Crippen LogP contribution in [0.3, 0.4) is 0 Å². The third-order valence-corrected chi connectivity index (χ3v) is 7.26. The van der Waals surface area contributed by atoms with Crippen LogP contribution in [0.25, 0.3) is 0 Å². The number of carbonyl (C=O) groups excluding carboxylic acids is 3. The number of amides is 3.